The second-order valence-corrected chi connectivity index (χ2v) is 7.45. The highest BCUT2D eigenvalue weighted by Gasteiger charge is 2.48. The van der Waals surface area contributed by atoms with E-state index < -0.39 is 0 Å². The topological polar surface area (TPSA) is 29.5 Å². The molecule has 20 heavy (non-hydrogen) atoms. The molecule has 0 aromatic heterocycles. The summed E-state index contributed by atoms with van der Waals surface area (Å²) in [5, 5.41) is 0. The quantitative estimate of drug-likeness (QED) is 0.735. The summed E-state index contributed by atoms with van der Waals surface area (Å²) in [5.41, 5.74) is 0.429. The number of carbonyl (C=O) groups is 1. The van der Waals surface area contributed by atoms with Crippen LogP contribution in [-0.2, 0) is 9.53 Å². The maximum Gasteiger partial charge on any atom is 0.307 e. The van der Waals surface area contributed by atoms with Gasteiger partial charge in [0.25, 0.3) is 0 Å². The van der Waals surface area contributed by atoms with Crippen molar-refractivity contribution >= 4 is 5.97 Å². The third kappa shape index (κ3) is 3.75. The first-order chi connectivity index (χ1) is 9.47. The summed E-state index contributed by atoms with van der Waals surface area (Å²) < 4.78 is 5.25. The van der Waals surface area contributed by atoms with Gasteiger partial charge in [0.2, 0.25) is 0 Å². The Hall–Kier alpha value is -0.570. The highest BCUT2D eigenvalue weighted by molar-refractivity contribution is 5.71. The van der Waals surface area contributed by atoms with Crippen molar-refractivity contribution in [2.45, 2.75) is 77.7 Å². The zero-order valence-corrected chi connectivity index (χ0v) is 13.5. The molecule has 3 heteroatoms. The third-order valence-corrected chi connectivity index (χ3v) is 5.13. The van der Waals surface area contributed by atoms with Gasteiger partial charge < -0.3 is 4.74 Å². The van der Waals surface area contributed by atoms with Gasteiger partial charge in [-0.3, -0.25) is 9.69 Å². The van der Waals surface area contributed by atoms with Crippen LogP contribution in [0.15, 0.2) is 0 Å². The lowest BCUT2D eigenvalue weighted by molar-refractivity contribution is -0.146. The fraction of sp³-hybridized carbons (Fsp3) is 0.941. The average Bonchev–Trinajstić information content (AvgIpc) is 2.58. The standard InChI is InChI=1S/C17H31NO2/c1-4-20-15(19)13-17(10-9-16(2,3)14-17)18-11-7-5-6-8-12-18/h4-14H2,1-3H3. The van der Waals surface area contributed by atoms with E-state index in [1.54, 1.807) is 0 Å². The SMILES string of the molecule is CCOC(=O)CC1(N2CCCCCC2)CCC(C)(C)C1. The van der Waals surface area contributed by atoms with E-state index in [0.717, 1.165) is 25.9 Å². The van der Waals surface area contributed by atoms with E-state index in [-0.39, 0.29) is 11.5 Å². The van der Waals surface area contributed by atoms with Gasteiger partial charge >= 0.3 is 5.97 Å². The monoisotopic (exact) mass is 281 g/mol. The van der Waals surface area contributed by atoms with Crippen LogP contribution < -0.4 is 0 Å². The Kier molecular flexibility index (Phi) is 5.11. The molecule has 1 aliphatic carbocycles. The summed E-state index contributed by atoms with van der Waals surface area (Å²) in [6.07, 6.45) is 9.35. The van der Waals surface area contributed by atoms with Crippen LogP contribution in [0.2, 0.25) is 0 Å². The zero-order chi connectivity index (χ0) is 14.6. The van der Waals surface area contributed by atoms with Crippen molar-refractivity contribution < 1.29 is 9.53 Å². The van der Waals surface area contributed by atoms with Crippen molar-refractivity contribution in [3.05, 3.63) is 0 Å². The van der Waals surface area contributed by atoms with Crippen molar-refractivity contribution in [1.29, 1.82) is 0 Å². The molecule has 1 heterocycles. The first kappa shape index (κ1) is 15.8. The Balaban J connectivity index is 2.13. The molecule has 0 spiro atoms. The van der Waals surface area contributed by atoms with Crippen molar-refractivity contribution in [2.24, 2.45) is 5.41 Å². The van der Waals surface area contributed by atoms with Crippen LogP contribution in [0.1, 0.15) is 72.1 Å². The number of ether oxygens (including phenoxy) is 1. The molecule has 0 aromatic carbocycles. The zero-order valence-electron chi connectivity index (χ0n) is 13.5. The maximum absolute atomic E-state index is 12.1. The number of hydrogen-bond acceptors (Lipinski definition) is 3. The summed E-state index contributed by atoms with van der Waals surface area (Å²) in [4.78, 5) is 14.7. The average molecular weight is 281 g/mol. The molecule has 0 N–H and O–H groups in total. The van der Waals surface area contributed by atoms with Gasteiger partial charge in [-0.1, -0.05) is 26.7 Å². The molecule has 116 valence electrons. The maximum atomic E-state index is 12.1. The second-order valence-electron chi connectivity index (χ2n) is 7.45. The lowest BCUT2D eigenvalue weighted by Crippen LogP contribution is -2.49. The van der Waals surface area contributed by atoms with Crippen molar-refractivity contribution in [3.63, 3.8) is 0 Å². The summed E-state index contributed by atoms with van der Waals surface area (Å²) in [7, 11) is 0. The molecule has 0 radical (unpaired) electrons. The van der Waals surface area contributed by atoms with Crippen molar-refractivity contribution in [3.8, 4) is 0 Å². The third-order valence-electron chi connectivity index (χ3n) is 5.13. The van der Waals surface area contributed by atoms with Gasteiger partial charge in [-0.15, -0.1) is 0 Å². The highest BCUT2D eigenvalue weighted by Crippen LogP contribution is 2.49. The fourth-order valence-electron chi connectivity index (χ4n) is 4.20. The van der Waals surface area contributed by atoms with E-state index in [0.29, 0.717) is 18.4 Å². The predicted molar refractivity (Wildman–Crippen MR) is 81.7 cm³/mol. The van der Waals surface area contributed by atoms with E-state index in [9.17, 15) is 4.79 Å². The predicted octanol–water partition coefficient (Wildman–Crippen LogP) is 3.76. The Bertz CT molecular complexity index is 332. The Morgan fingerprint density at radius 3 is 2.25 bits per heavy atom. The number of nitrogens with zero attached hydrogens (tertiary/aromatic N) is 1. The lowest BCUT2D eigenvalue weighted by Gasteiger charge is -2.41. The smallest absolute Gasteiger partial charge is 0.307 e. The van der Waals surface area contributed by atoms with Crippen LogP contribution in [0, 0.1) is 5.41 Å². The Morgan fingerprint density at radius 2 is 1.75 bits per heavy atom. The normalized spacial score (nSPS) is 30.9. The molecule has 1 saturated carbocycles. The largest absolute Gasteiger partial charge is 0.466 e. The number of likely N-dealkylation sites (tertiary alicyclic amines) is 1. The molecule has 1 unspecified atom stereocenters. The van der Waals surface area contributed by atoms with E-state index in [4.69, 9.17) is 4.74 Å². The van der Waals surface area contributed by atoms with Crippen LogP contribution in [0.5, 0.6) is 0 Å². The first-order valence-corrected chi connectivity index (χ1v) is 8.38. The fourth-order valence-corrected chi connectivity index (χ4v) is 4.20. The van der Waals surface area contributed by atoms with Gasteiger partial charge in [-0.2, -0.15) is 0 Å². The Morgan fingerprint density at radius 1 is 1.10 bits per heavy atom. The van der Waals surface area contributed by atoms with Gasteiger partial charge in [0.1, 0.15) is 0 Å². The van der Waals surface area contributed by atoms with Gasteiger partial charge in [-0.25, -0.2) is 0 Å². The van der Waals surface area contributed by atoms with E-state index in [2.05, 4.69) is 18.7 Å². The van der Waals surface area contributed by atoms with Crippen LogP contribution in [0.4, 0.5) is 0 Å². The summed E-state index contributed by atoms with van der Waals surface area (Å²) >= 11 is 0. The molecule has 3 nitrogen and oxygen atoms in total. The molecule has 2 aliphatic rings. The molecule has 1 aliphatic heterocycles. The molecular formula is C17H31NO2. The Labute approximate surface area is 124 Å². The number of rotatable bonds is 4. The molecule has 1 atom stereocenters. The number of carbonyl (C=O) groups excluding carboxylic acids is 1. The van der Waals surface area contributed by atoms with Crippen molar-refractivity contribution in [1.82, 2.24) is 4.90 Å². The molecule has 0 bridgehead atoms. The molecule has 0 amide bonds. The van der Waals surface area contributed by atoms with Crippen LogP contribution in [-0.4, -0.2) is 36.1 Å². The van der Waals surface area contributed by atoms with Crippen LogP contribution in [0.25, 0.3) is 0 Å². The number of hydrogen-bond donors (Lipinski definition) is 0. The lowest BCUT2D eigenvalue weighted by atomic mass is 9.84. The molecular weight excluding hydrogens is 250 g/mol. The molecule has 2 rings (SSSR count). The van der Waals surface area contributed by atoms with Gasteiger partial charge in [0, 0.05) is 5.54 Å². The number of esters is 1. The van der Waals surface area contributed by atoms with E-state index >= 15 is 0 Å². The van der Waals surface area contributed by atoms with Crippen LogP contribution in [0.3, 0.4) is 0 Å². The minimum absolute atomic E-state index is 0.00514. The second kappa shape index (κ2) is 6.46. The minimum Gasteiger partial charge on any atom is -0.466 e. The van der Waals surface area contributed by atoms with Crippen molar-refractivity contribution in [2.75, 3.05) is 19.7 Å². The summed E-state index contributed by atoms with van der Waals surface area (Å²) in [6.45, 7) is 9.41. The van der Waals surface area contributed by atoms with Gasteiger partial charge in [0.05, 0.1) is 13.0 Å². The molecule has 1 saturated heterocycles. The summed E-state index contributed by atoms with van der Waals surface area (Å²) in [5.74, 6) is -0.00514. The van der Waals surface area contributed by atoms with Gasteiger partial charge in [0.15, 0.2) is 0 Å². The molecule has 2 fully saturated rings. The van der Waals surface area contributed by atoms with E-state index in [1.165, 1.54) is 32.1 Å². The molecule has 0 aromatic rings. The highest BCUT2D eigenvalue weighted by atomic mass is 16.5. The first-order valence-electron chi connectivity index (χ1n) is 8.38. The summed E-state index contributed by atoms with van der Waals surface area (Å²) in [6, 6.07) is 0. The van der Waals surface area contributed by atoms with Gasteiger partial charge in [-0.05, 0) is 57.5 Å². The minimum atomic E-state index is -0.00514. The van der Waals surface area contributed by atoms with Crippen LogP contribution >= 0.6 is 0 Å². The van der Waals surface area contributed by atoms with E-state index in [1.807, 2.05) is 6.92 Å².